The molecule has 2 aliphatic heterocycles. The zero-order chi connectivity index (χ0) is 42.7. The van der Waals surface area contributed by atoms with E-state index < -0.39 is 132 Å². The Morgan fingerprint density at radius 2 is 1.41 bits per heavy atom. The average molecular weight is 827 g/mol. The Morgan fingerprint density at radius 1 is 0.793 bits per heavy atom. The van der Waals surface area contributed by atoms with Gasteiger partial charge in [0.05, 0.1) is 36.3 Å². The molecule has 0 aromatic carbocycles. The monoisotopic (exact) mass is 826 g/mol. The number of carbonyl (C=O) groups excluding carboxylic acids is 1. The van der Waals surface area contributed by atoms with Crippen LogP contribution in [0.4, 0.5) is 0 Å². The van der Waals surface area contributed by atoms with Gasteiger partial charge >= 0.3 is 11.9 Å². The number of allylic oxidation sites excluding steroid dienone is 1. The summed E-state index contributed by atoms with van der Waals surface area (Å²) in [7, 11) is 0. The van der Waals surface area contributed by atoms with E-state index in [-0.39, 0.29) is 23.7 Å². The van der Waals surface area contributed by atoms with Crippen LogP contribution in [0.5, 0.6) is 0 Å². The van der Waals surface area contributed by atoms with Crippen molar-refractivity contribution >= 4 is 11.9 Å². The van der Waals surface area contributed by atoms with Gasteiger partial charge in [0.1, 0.15) is 48.8 Å². The number of hydrogen-bond acceptors (Lipinski definition) is 15. The molecule has 16 heteroatoms. The maximum Gasteiger partial charge on any atom is 0.312 e. The van der Waals surface area contributed by atoms with Gasteiger partial charge in [0, 0.05) is 5.92 Å². The van der Waals surface area contributed by atoms with Crippen molar-refractivity contribution in [3.8, 4) is 0 Å². The summed E-state index contributed by atoms with van der Waals surface area (Å²) in [5, 5.41) is 107. The number of carboxylic acid groups (broad SMARTS) is 1. The van der Waals surface area contributed by atoms with Gasteiger partial charge < -0.3 is 70.0 Å². The van der Waals surface area contributed by atoms with Gasteiger partial charge in [-0.1, -0.05) is 39.3 Å². The molecule has 0 spiro atoms. The fourth-order valence-electron chi connectivity index (χ4n) is 13.6. The number of aliphatic carboxylic acids is 1. The summed E-state index contributed by atoms with van der Waals surface area (Å²) in [6.07, 6.45) is -10.8. The van der Waals surface area contributed by atoms with Gasteiger partial charge in [-0.2, -0.15) is 0 Å². The summed E-state index contributed by atoms with van der Waals surface area (Å²) < 4.78 is 22.8. The average Bonchev–Trinajstić information content (AvgIpc) is 3.17. The predicted molar refractivity (Wildman–Crippen MR) is 201 cm³/mol. The topological polar surface area (TPSA) is 273 Å². The number of carbonyl (C=O) groups is 2. The van der Waals surface area contributed by atoms with E-state index in [4.69, 9.17) is 18.9 Å². The highest BCUT2D eigenvalue weighted by Crippen LogP contribution is 2.75. The van der Waals surface area contributed by atoms with Crippen molar-refractivity contribution < 1.29 is 79.6 Å². The van der Waals surface area contributed by atoms with E-state index in [2.05, 4.69) is 26.8 Å². The lowest BCUT2D eigenvalue weighted by molar-refractivity contribution is -0.328. The van der Waals surface area contributed by atoms with Crippen LogP contribution in [-0.4, -0.2) is 149 Å². The summed E-state index contributed by atoms with van der Waals surface area (Å²) in [4.78, 5) is 27.5. The van der Waals surface area contributed by atoms with Gasteiger partial charge in [0.25, 0.3) is 0 Å². The molecule has 16 nitrogen and oxygen atoms in total. The van der Waals surface area contributed by atoms with Crippen molar-refractivity contribution in [3.63, 3.8) is 0 Å². The van der Waals surface area contributed by atoms with Crippen molar-refractivity contribution in [2.45, 2.75) is 166 Å². The number of rotatable bonds is 7. The van der Waals surface area contributed by atoms with Crippen LogP contribution < -0.4 is 0 Å². The molecule has 2 heterocycles. The van der Waals surface area contributed by atoms with E-state index in [1.54, 1.807) is 6.92 Å². The van der Waals surface area contributed by atoms with Gasteiger partial charge in [-0.05, 0) is 105 Å². The van der Waals surface area contributed by atoms with E-state index in [0.717, 1.165) is 5.57 Å². The van der Waals surface area contributed by atoms with Crippen molar-refractivity contribution in [1.29, 1.82) is 0 Å². The first kappa shape index (κ1) is 44.3. The number of ether oxygens (including phenoxy) is 4. The Bertz CT molecular complexity index is 1600. The minimum Gasteiger partial charge on any atom is -0.481 e. The van der Waals surface area contributed by atoms with E-state index in [1.165, 1.54) is 0 Å². The lowest BCUT2D eigenvalue weighted by Crippen LogP contribution is -2.67. The first-order chi connectivity index (χ1) is 27.0. The van der Waals surface area contributed by atoms with E-state index in [0.29, 0.717) is 51.4 Å². The number of esters is 1. The third kappa shape index (κ3) is 6.37. The molecule has 0 aromatic rings. The molecule has 10 N–H and O–H groups in total. The molecule has 2 saturated heterocycles. The summed E-state index contributed by atoms with van der Waals surface area (Å²) in [5.74, 6) is -3.61. The van der Waals surface area contributed by atoms with Crippen molar-refractivity contribution in [2.75, 3.05) is 13.2 Å². The molecule has 6 fully saturated rings. The highest BCUT2D eigenvalue weighted by atomic mass is 16.7. The standard InChI is InChI=1S/C42H66O16/c1-18-7-8-19-20(34(51)58-36-33(50)31(48)29(46)23(57-36)17-55-35-32(49)30(47)28(45)22(16-43)56-35)15-40(4)21(27(19)42(18,6)54)9-10-24-38(2)13-12-26(44)41(5,37(52)53)25(38)11-14-39(24,40)3/h9,18-20,22-33,35-36,43-50,54H,7-8,10-17H2,1-6H3,(H,52,53)/t18?,19?,20-,22+,23+,24?,25?,26-,27?,28+,29+,30-,31-,32+,33+,35+,36-,38+,39+,40+,41-,42?/m0/s1. The van der Waals surface area contributed by atoms with Gasteiger partial charge in [0.2, 0.25) is 6.29 Å². The second-order valence-corrected chi connectivity index (χ2v) is 20.1. The molecule has 5 aliphatic carbocycles. The molecule has 0 amide bonds. The summed E-state index contributed by atoms with van der Waals surface area (Å²) in [6, 6.07) is 0. The molecule has 0 aromatic heterocycles. The van der Waals surface area contributed by atoms with Gasteiger partial charge in [-0.15, -0.1) is 0 Å². The Labute approximate surface area is 339 Å². The van der Waals surface area contributed by atoms with Crippen LogP contribution in [-0.2, 0) is 28.5 Å². The van der Waals surface area contributed by atoms with Crippen LogP contribution in [0.3, 0.4) is 0 Å². The Hall–Kier alpha value is -1.80. The summed E-state index contributed by atoms with van der Waals surface area (Å²) >= 11 is 0. The highest BCUT2D eigenvalue weighted by Gasteiger charge is 2.71. The Balaban J connectivity index is 1.17. The lowest BCUT2D eigenvalue weighted by Gasteiger charge is -2.71. The van der Waals surface area contributed by atoms with Gasteiger partial charge in [-0.3, -0.25) is 9.59 Å². The largest absolute Gasteiger partial charge is 0.481 e. The van der Waals surface area contributed by atoms with E-state index in [9.17, 15) is 60.7 Å². The minimum atomic E-state index is -1.86. The summed E-state index contributed by atoms with van der Waals surface area (Å²) in [5.41, 5.74) is -2.95. The molecular formula is C42H66O16. The van der Waals surface area contributed by atoms with Crippen molar-refractivity contribution in [1.82, 2.24) is 0 Å². The fourth-order valence-corrected chi connectivity index (χ4v) is 13.6. The first-order valence-corrected chi connectivity index (χ1v) is 21.2. The molecule has 22 atom stereocenters. The second kappa shape index (κ2) is 15.2. The smallest absolute Gasteiger partial charge is 0.312 e. The minimum absolute atomic E-state index is 0.00227. The molecule has 0 radical (unpaired) electrons. The molecule has 4 saturated carbocycles. The van der Waals surface area contributed by atoms with E-state index in [1.807, 2.05) is 13.8 Å². The van der Waals surface area contributed by atoms with Crippen LogP contribution in [0, 0.1) is 57.2 Å². The summed E-state index contributed by atoms with van der Waals surface area (Å²) in [6.45, 7) is 10.8. The zero-order valence-electron chi connectivity index (χ0n) is 34.4. The van der Waals surface area contributed by atoms with Gasteiger partial charge in [0.15, 0.2) is 6.29 Å². The molecule has 6 unspecified atom stereocenters. The number of carboxylic acids is 1. The number of aliphatic hydroxyl groups excluding tert-OH is 8. The molecule has 7 rings (SSSR count). The van der Waals surface area contributed by atoms with Gasteiger partial charge in [-0.25, -0.2) is 0 Å². The van der Waals surface area contributed by atoms with Crippen LogP contribution >= 0.6 is 0 Å². The number of hydrogen-bond donors (Lipinski definition) is 10. The zero-order valence-corrected chi connectivity index (χ0v) is 34.4. The van der Waals surface area contributed by atoms with Crippen LogP contribution in [0.1, 0.15) is 92.9 Å². The van der Waals surface area contributed by atoms with Crippen LogP contribution in [0.15, 0.2) is 11.6 Å². The van der Waals surface area contributed by atoms with Crippen LogP contribution in [0.25, 0.3) is 0 Å². The molecule has 0 bridgehead atoms. The lowest BCUT2D eigenvalue weighted by atomic mass is 9.33. The SMILES string of the molecule is CC1CCC2C(C3=CCC4[C@@]5(C)CC[C@H](O)[C@@](C)(C(=O)O)C5CC[C@@]4(C)[C@]3(C)C[C@@H]2C(=O)O[C@@H]2O[C@H](CO[C@@H]3O[C@H](CO)[C@@H](O)[C@H](O)[C@H]3O)[C@@H](O)[C@H](O)[C@H]2O)C1(C)O. The number of aliphatic hydroxyl groups is 9. The first-order valence-electron chi connectivity index (χ1n) is 21.2. The highest BCUT2D eigenvalue weighted by molar-refractivity contribution is 5.76. The third-order valence-electron chi connectivity index (χ3n) is 17.6. The maximum atomic E-state index is 14.7. The van der Waals surface area contributed by atoms with Crippen molar-refractivity contribution in [3.05, 3.63) is 11.6 Å². The predicted octanol–water partition coefficient (Wildman–Crippen LogP) is 0.208. The second-order valence-electron chi connectivity index (χ2n) is 20.1. The van der Waals surface area contributed by atoms with Crippen LogP contribution in [0.2, 0.25) is 0 Å². The molecule has 58 heavy (non-hydrogen) atoms. The fraction of sp³-hybridized carbons (Fsp3) is 0.905. The van der Waals surface area contributed by atoms with Crippen molar-refractivity contribution in [2.24, 2.45) is 57.2 Å². The van der Waals surface area contributed by atoms with E-state index >= 15 is 0 Å². The number of fused-ring (bicyclic) bond motifs is 7. The maximum absolute atomic E-state index is 14.7. The Kier molecular flexibility index (Phi) is 11.6. The quantitative estimate of drug-likeness (QED) is 0.121. The molecular weight excluding hydrogens is 760 g/mol. The molecule has 7 aliphatic rings. The third-order valence-corrected chi connectivity index (χ3v) is 17.6. The molecule has 330 valence electrons. The Morgan fingerprint density at radius 3 is 2.05 bits per heavy atom. The normalized spacial score (nSPS) is 55.5.